The lowest BCUT2D eigenvalue weighted by atomic mass is 10.2. The minimum absolute atomic E-state index is 0.249. The summed E-state index contributed by atoms with van der Waals surface area (Å²) < 4.78 is 5.16. The van der Waals surface area contributed by atoms with Crippen LogP contribution < -0.4 is 11.1 Å². The minimum Gasteiger partial charge on any atom is -0.444 e. The molecule has 0 aliphatic heterocycles. The Kier molecular flexibility index (Phi) is 4.07. The molecule has 94 valence electrons. The molecule has 0 saturated heterocycles. The van der Waals surface area contributed by atoms with E-state index in [9.17, 15) is 4.79 Å². The second-order valence-electron chi connectivity index (χ2n) is 4.85. The zero-order valence-electron chi connectivity index (χ0n) is 10.7. The highest BCUT2D eigenvalue weighted by Crippen LogP contribution is 2.19. The molecule has 5 nitrogen and oxygen atoms in total. The highest BCUT2D eigenvalue weighted by molar-refractivity contribution is 5.85. The lowest BCUT2D eigenvalue weighted by Crippen LogP contribution is -2.28. The number of carbonyl (C=O) groups excluding carboxylic acids is 1. The van der Waals surface area contributed by atoms with Crippen molar-refractivity contribution in [3.63, 3.8) is 0 Å². The molecule has 0 spiro atoms. The Morgan fingerprint density at radius 3 is 2.71 bits per heavy atom. The number of carbonyl (C=O) groups is 1. The Hall–Kier alpha value is -1.62. The molecule has 1 aromatic rings. The zero-order valence-corrected chi connectivity index (χ0v) is 10.7. The van der Waals surface area contributed by atoms with Gasteiger partial charge in [-0.15, -0.1) is 0 Å². The summed E-state index contributed by atoms with van der Waals surface area (Å²) in [6, 6.07) is 3.23. The van der Waals surface area contributed by atoms with Crippen LogP contribution in [0.4, 0.5) is 10.5 Å². The average molecular weight is 237 g/mol. The van der Waals surface area contributed by atoms with E-state index in [2.05, 4.69) is 10.3 Å². The van der Waals surface area contributed by atoms with Crippen molar-refractivity contribution in [2.45, 2.75) is 39.3 Å². The number of hydrogen-bond donors (Lipinski definition) is 2. The van der Waals surface area contributed by atoms with Crippen LogP contribution in [-0.2, 0) is 4.74 Å². The van der Waals surface area contributed by atoms with Crippen molar-refractivity contribution in [2.24, 2.45) is 5.73 Å². The number of pyridine rings is 1. The van der Waals surface area contributed by atoms with Crippen LogP contribution >= 0.6 is 0 Å². The summed E-state index contributed by atoms with van der Waals surface area (Å²) in [5.41, 5.74) is 6.45. The molecule has 1 atom stereocenters. The molecule has 5 heteroatoms. The number of anilines is 1. The van der Waals surface area contributed by atoms with Crippen LogP contribution in [0, 0.1) is 0 Å². The fourth-order valence-corrected chi connectivity index (χ4v) is 1.30. The topological polar surface area (TPSA) is 77.2 Å². The van der Waals surface area contributed by atoms with Gasteiger partial charge in [-0.1, -0.05) is 0 Å². The van der Waals surface area contributed by atoms with Gasteiger partial charge in [0.2, 0.25) is 0 Å². The van der Waals surface area contributed by atoms with Crippen LogP contribution in [0.3, 0.4) is 0 Å². The van der Waals surface area contributed by atoms with Gasteiger partial charge in [-0.25, -0.2) is 4.79 Å². The maximum atomic E-state index is 11.6. The van der Waals surface area contributed by atoms with Crippen molar-refractivity contribution in [3.05, 3.63) is 24.0 Å². The third-order valence-corrected chi connectivity index (χ3v) is 1.91. The number of nitrogens with zero attached hydrogens (tertiary/aromatic N) is 1. The van der Waals surface area contributed by atoms with Crippen molar-refractivity contribution in [1.29, 1.82) is 0 Å². The largest absolute Gasteiger partial charge is 0.444 e. The van der Waals surface area contributed by atoms with E-state index in [0.29, 0.717) is 11.4 Å². The standard InChI is InChI=1S/C12H19N3O2/c1-8(13)10-9(6-5-7-14-10)15-11(16)17-12(2,3)4/h5-8H,13H2,1-4H3,(H,15,16). The monoisotopic (exact) mass is 237 g/mol. The van der Waals surface area contributed by atoms with E-state index in [4.69, 9.17) is 10.5 Å². The summed E-state index contributed by atoms with van der Waals surface area (Å²) in [5, 5.41) is 2.64. The van der Waals surface area contributed by atoms with Crippen molar-refractivity contribution >= 4 is 11.8 Å². The molecule has 0 fully saturated rings. The highest BCUT2D eigenvalue weighted by atomic mass is 16.6. The van der Waals surface area contributed by atoms with Crippen molar-refractivity contribution < 1.29 is 9.53 Å². The number of aromatic nitrogens is 1. The van der Waals surface area contributed by atoms with Gasteiger partial charge in [0.1, 0.15) is 5.60 Å². The first-order chi connectivity index (χ1) is 7.79. The normalized spacial score (nSPS) is 13.0. The lowest BCUT2D eigenvalue weighted by molar-refractivity contribution is 0.0635. The van der Waals surface area contributed by atoms with Gasteiger partial charge in [0.05, 0.1) is 11.4 Å². The second kappa shape index (κ2) is 5.14. The molecule has 3 N–H and O–H groups in total. The Balaban J connectivity index is 2.78. The predicted octanol–water partition coefficient (Wildman–Crippen LogP) is 2.45. The van der Waals surface area contributed by atoms with Crippen molar-refractivity contribution in [1.82, 2.24) is 4.98 Å². The van der Waals surface area contributed by atoms with Crippen LogP contribution in [0.5, 0.6) is 0 Å². The van der Waals surface area contributed by atoms with Gasteiger partial charge in [0.25, 0.3) is 0 Å². The second-order valence-corrected chi connectivity index (χ2v) is 4.85. The van der Waals surface area contributed by atoms with Gasteiger partial charge in [0, 0.05) is 12.2 Å². The van der Waals surface area contributed by atoms with Gasteiger partial charge >= 0.3 is 6.09 Å². The van der Waals surface area contributed by atoms with Crippen molar-refractivity contribution in [2.75, 3.05) is 5.32 Å². The first-order valence-electron chi connectivity index (χ1n) is 5.50. The van der Waals surface area contributed by atoms with E-state index in [1.165, 1.54) is 0 Å². The molecule has 0 aliphatic carbocycles. The van der Waals surface area contributed by atoms with E-state index in [1.54, 1.807) is 18.3 Å². The number of amides is 1. The molecule has 1 aromatic heterocycles. The average Bonchev–Trinajstić information content (AvgIpc) is 2.14. The van der Waals surface area contributed by atoms with Crippen LogP contribution in [0.25, 0.3) is 0 Å². The number of hydrogen-bond acceptors (Lipinski definition) is 4. The molecule has 0 aliphatic rings. The van der Waals surface area contributed by atoms with Gasteiger partial charge in [-0.05, 0) is 39.8 Å². The zero-order chi connectivity index (χ0) is 13.1. The molecule has 1 amide bonds. The van der Waals surface area contributed by atoms with E-state index in [0.717, 1.165) is 0 Å². The minimum atomic E-state index is -0.527. The SMILES string of the molecule is CC(N)c1ncccc1NC(=O)OC(C)(C)C. The molecule has 0 bridgehead atoms. The smallest absolute Gasteiger partial charge is 0.412 e. The first-order valence-corrected chi connectivity index (χ1v) is 5.50. The fourth-order valence-electron chi connectivity index (χ4n) is 1.30. The van der Waals surface area contributed by atoms with Gasteiger partial charge in [0.15, 0.2) is 0 Å². The third kappa shape index (κ3) is 4.40. The summed E-state index contributed by atoms with van der Waals surface area (Å²) in [6.07, 6.45) is 1.13. The van der Waals surface area contributed by atoms with Crippen molar-refractivity contribution in [3.8, 4) is 0 Å². The Morgan fingerprint density at radius 2 is 2.18 bits per heavy atom. The highest BCUT2D eigenvalue weighted by Gasteiger charge is 2.18. The summed E-state index contributed by atoms with van der Waals surface area (Å²) >= 11 is 0. The molecular weight excluding hydrogens is 218 g/mol. The van der Waals surface area contributed by atoms with Crippen LogP contribution in [-0.4, -0.2) is 16.7 Å². The maximum absolute atomic E-state index is 11.6. The summed E-state index contributed by atoms with van der Waals surface area (Å²) in [4.78, 5) is 15.7. The molecular formula is C12H19N3O2. The summed E-state index contributed by atoms with van der Waals surface area (Å²) in [7, 11) is 0. The number of ether oxygens (including phenoxy) is 1. The Bertz CT molecular complexity index is 397. The fraction of sp³-hybridized carbons (Fsp3) is 0.500. The molecule has 1 rings (SSSR count). The predicted molar refractivity (Wildman–Crippen MR) is 66.7 cm³/mol. The lowest BCUT2D eigenvalue weighted by Gasteiger charge is -2.20. The van der Waals surface area contributed by atoms with Crippen LogP contribution in [0.15, 0.2) is 18.3 Å². The Morgan fingerprint density at radius 1 is 1.53 bits per heavy atom. The Labute approximate surface area is 101 Å². The molecule has 0 aromatic carbocycles. The maximum Gasteiger partial charge on any atom is 0.412 e. The van der Waals surface area contributed by atoms with Gasteiger partial charge in [-0.2, -0.15) is 0 Å². The molecule has 0 radical (unpaired) electrons. The number of nitrogens with one attached hydrogen (secondary N) is 1. The summed E-state index contributed by atoms with van der Waals surface area (Å²) in [6.45, 7) is 7.23. The van der Waals surface area contributed by atoms with E-state index < -0.39 is 11.7 Å². The van der Waals surface area contributed by atoms with Crippen LogP contribution in [0.1, 0.15) is 39.4 Å². The molecule has 0 saturated carbocycles. The first kappa shape index (κ1) is 13.4. The third-order valence-electron chi connectivity index (χ3n) is 1.91. The van der Waals surface area contributed by atoms with E-state index in [-0.39, 0.29) is 6.04 Å². The van der Waals surface area contributed by atoms with Gasteiger partial charge in [-0.3, -0.25) is 10.3 Å². The quantitative estimate of drug-likeness (QED) is 0.828. The number of nitrogens with two attached hydrogens (primary N) is 1. The van der Waals surface area contributed by atoms with Gasteiger partial charge < -0.3 is 10.5 Å². The molecule has 1 unspecified atom stereocenters. The molecule has 1 heterocycles. The summed E-state index contributed by atoms with van der Waals surface area (Å²) in [5.74, 6) is 0. The van der Waals surface area contributed by atoms with Crippen LogP contribution in [0.2, 0.25) is 0 Å². The van der Waals surface area contributed by atoms with E-state index >= 15 is 0 Å². The van der Waals surface area contributed by atoms with E-state index in [1.807, 2.05) is 27.7 Å². The number of rotatable bonds is 2. The molecule has 17 heavy (non-hydrogen) atoms.